The van der Waals surface area contributed by atoms with Crippen LogP contribution < -0.4 is 0 Å². The zero-order valence-corrected chi connectivity index (χ0v) is 7.06. The summed E-state index contributed by atoms with van der Waals surface area (Å²) in [6.45, 7) is 0. The minimum absolute atomic E-state index is 0. The molecule has 0 aromatic heterocycles. The van der Waals surface area contributed by atoms with Gasteiger partial charge in [0.05, 0.1) is 0 Å². The summed E-state index contributed by atoms with van der Waals surface area (Å²) in [4.78, 5) is 0. The molecule has 0 aliphatic heterocycles. The van der Waals surface area contributed by atoms with Crippen molar-refractivity contribution in [2.75, 3.05) is 0 Å². The Labute approximate surface area is 70.0 Å². The van der Waals surface area contributed by atoms with Crippen molar-refractivity contribution < 1.29 is 51.3 Å². The third-order valence-electron chi connectivity index (χ3n) is 0. The Balaban J connectivity index is -0.00000000500. The van der Waals surface area contributed by atoms with Crippen LogP contribution in [-0.2, 0) is 63.7 Å². The SMILES string of the molecule is [B][S-].[V].[Y]. The maximum Gasteiger partial charge on any atom is 0 e. The zero-order chi connectivity index (χ0) is 2.00. The van der Waals surface area contributed by atoms with Crippen molar-refractivity contribution in [3.63, 3.8) is 0 Å². The Hall–Kier alpha value is 2.10. The molecule has 0 aromatic carbocycles. The molecule has 0 spiro atoms. The van der Waals surface area contributed by atoms with Gasteiger partial charge in [-0.25, -0.2) is 0 Å². The summed E-state index contributed by atoms with van der Waals surface area (Å²) >= 11 is 3.58. The molecule has 0 bridgehead atoms. The van der Waals surface area contributed by atoms with Gasteiger partial charge in [-0.3, -0.25) is 0 Å². The maximum atomic E-state index is 4.08. The molecule has 0 nitrogen and oxygen atoms in total. The molecule has 0 heterocycles. The molecule has 0 atom stereocenters. The molecule has 18 valence electrons. The minimum Gasteiger partial charge on any atom is -0.843 e. The quantitative estimate of drug-likeness (QED) is 0.364. The molecule has 0 aliphatic rings. The molecule has 0 N–H and O–H groups in total. The van der Waals surface area contributed by atoms with Crippen LogP contribution in [0.1, 0.15) is 0 Å². The molecule has 0 amide bonds. The van der Waals surface area contributed by atoms with Gasteiger partial charge in [0, 0.05) is 51.3 Å². The van der Waals surface area contributed by atoms with Gasteiger partial charge in [-0.15, -0.1) is 0 Å². The van der Waals surface area contributed by atoms with E-state index < -0.39 is 0 Å². The van der Waals surface area contributed by atoms with Gasteiger partial charge in [0.2, 0.25) is 0 Å². The summed E-state index contributed by atoms with van der Waals surface area (Å²) in [6, 6.07) is 0. The van der Waals surface area contributed by atoms with Gasteiger partial charge in [0.25, 0.3) is 0 Å². The maximum absolute atomic E-state index is 4.08. The Morgan fingerprint density at radius 2 is 1.25 bits per heavy atom. The van der Waals surface area contributed by atoms with Gasteiger partial charge in [-0.2, -0.15) is 7.12 Å². The standard InChI is InChI=1S/BS.V.Y/c1-2;;/q-1;;. The molecular formula is BSVY-. The topological polar surface area (TPSA) is 0 Å². The van der Waals surface area contributed by atoms with Crippen LogP contribution in [0.5, 0.6) is 0 Å². The van der Waals surface area contributed by atoms with Crippen LogP contribution in [-0.4, -0.2) is 7.12 Å². The predicted molar refractivity (Wildman–Crippen MR) is 13.1 cm³/mol. The number of hydrogen-bond acceptors (Lipinski definition) is 1. The van der Waals surface area contributed by atoms with Crippen LogP contribution in [0.2, 0.25) is 0 Å². The van der Waals surface area contributed by atoms with E-state index in [0.717, 1.165) is 0 Å². The van der Waals surface area contributed by atoms with E-state index in [0.29, 0.717) is 0 Å². The van der Waals surface area contributed by atoms with E-state index in [2.05, 4.69) is 19.6 Å². The molecule has 0 fully saturated rings. The van der Waals surface area contributed by atoms with E-state index >= 15 is 0 Å². The first kappa shape index (κ1) is 16.5. The fourth-order valence-electron chi connectivity index (χ4n) is 0. The number of hydrogen-bond donors (Lipinski definition) is 0. The van der Waals surface area contributed by atoms with Gasteiger partial charge in [-0.05, 0) is 0 Å². The van der Waals surface area contributed by atoms with Crippen molar-refractivity contribution in [1.29, 1.82) is 0 Å². The van der Waals surface area contributed by atoms with Crippen molar-refractivity contribution in [2.24, 2.45) is 0 Å². The Bertz CT molecular complexity index is 8.00. The average Bonchev–Trinajstić information content (AvgIpc) is 1.00. The van der Waals surface area contributed by atoms with Crippen molar-refractivity contribution in [3.05, 3.63) is 0 Å². The number of rotatable bonds is 0. The molecule has 0 aromatic rings. The van der Waals surface area contributed by atoms with E-state index in [-0.39, 0.29) is 51.3 Å². The van der Waals surface area contributed by atoms with Crippen LogP contribution in [0.15, 0.2) is 0 Å². The normalized spacial score (nSPS) is 1.25. The monoisotopic (exact) mass is 183 g/mol. The van der Waals surface area contributed by atoms with Crippen molar-refractivity contribution >= 4 is 19.6 Å². The van der Waals surface area contributed by atoms with E-state index in [1.807, 2.05) is 0 Å². The van der Waals surface area contributed by atoms with Crippen LogP contribution in [0.25, 0.3) is 0 Å². The fraction of sp³-hybridized carbons (Fsp3) is 0. The van der Waals surface area contributed by atoms with Crippen LogP contribution in [0, 0.1) is 0 Å². The van der Waals surface area contributed by atoms with Gasteiger partial charge >= 0.3 is 0 Å². The Morgan fingerprint density at radius 3 is 1.25 bits per heavy atom. The summed E-state index contributed by atoms with van der Waals surface area (Å²) in [6.07, 6.45) is 0. The Morgan fingerprint density at radius 1 is 1.25 bits per heavy atom. The third kappa shape index (κ3) is 8.93. The van der Waals surface area contributed by atoms with E-state index in [1.54, 1.807) is 0 Å². The predicted octanol–water partition coefficient (Wildman–Crippen LogP) is -0.388. The van der Waals surface area contributed by atoms with Crippen molar-refractivity contribution in [2.45, 2.75) is 0 Å². The van der Waals surface area contributed by atoms with E-state index in [1.165, 1.54) is 0 Å². The zero-order valence-electron chi connectivity index (χ0n) is 2.01. The van der Waals surface area contributed by atoms with Gasteiger partial charge in [0.15, 0.2) is 0 Å². The van der Waals surface area contributed by atoms with Crippen LogP contribution in [0.3, 0.4) is 0 Å². The van der Waals surface area contributed by atoms with Crippen LogP contribution >= 0.6 is 0 Å². The van der Waals surface area contributed by atoms with E-state index in [4.69, 9.17) is 0 Å². The van der Waals surface area contributed by atoms with Crippen LogP contribution in [0.4, 0.5) is 0 Å². The molecular weight excluding hydrogens is 183 g/mol. The van der Waals surface area contributed by atoms with Crippen molar-refractivity contribution in [1.82, 2.24) is 0 Å². The summed E-state index contributed by atoms with van der Waals surface area (Å²) in [5.41, 5.74) is 0. The largest absolute Gasteiger partial charge is 0.843 e. The Kier molecular flexibility index (Phi) is 80.1. The molecule has 0 saturated heterocycles. The first-order chi connectivity index (χ1) is 1.00. The van der Waals surface area contributed by atoms with Gasteiger partial charge in [-0.1, -0.05) is 0 Å². The van der Waals surface area contributed by atoms with Gasteiger partial charge < -0.3 is 12.5 Å². The fourth-order valence-corrected chi connectivity index (χ4v) is 0. The second kappa shape index (κ2) is 19.4. The molecule has 0 unspecified atom stereocenters. The molecule has 0 saturated carbocycles. The summed E-state index contributed by atoms with van der Waals surface area (Å²) in [5, 5.41) is 0. The second-order valence-electron chi connectivity index (χ2n) is 0. The molecule has 4 heavy (non-hydrogen) atoms. The minimum atomic E-state index is 0. The molecule has 0 rings (SSSR count). The third-order valence-corrected chi connectivity index (χ3v) is 0. The first-order valence-corrected chi connectivity index (χ1v) is 0.707. The summed E-state index contributed by atoms with van der Waals surface area (Å²) in [5.74, 6) is 0. The van der Waals surface area contributed by atoms with E-state index in [9.17, 15) is 0 Å². The smallest absolute Gasteiger partial charge is 0 e. The molecule has 4 radical (unpaired) electrons. The molecule has 4 heteroatoms. The van der Waals surface area contributed by atoms with Crippen molar-refractivity contribution in [3.8, 4) is 0 Å². The first-order valence-electron chi connectivity index (χ1n) is 0.236. The molecule has 0 aliphatic carbocycles. The van der Waals surface area contributed by atoms with Gasteiger partial charge in [0.1, 0.15) is 0 Å². The average molecular weight is 183 g/mol. The second-order valence-corrected chi connectivity index (χ2v) is 0. The summed E-state index contributed by atoms with van der Waals surface area (Å²) in [7, 11) is 4.08. The summed E-state index contributed by atoms with van der Waals surface area (Å²) < 4.78 is 0.